The van der Waals surface area contributed by atoms with Gasteiger partial charge in [0.25, 0.3) is 0 Å². The van der Waals surface area contributed by atoms with E-state index in [1.54, 1.807) is 7.11 Å². The topological polar surface area (TPSA) is 9.23 Å². The van der Waals surface area contributed by atoms with Crippen LogP contribution in [0.25, 0.3) is 0 Å². The van der Waals surface area contributed by atoms with Crippen LogP contribution in [-0.2, 0) is 4.74 Å². The van der Waals surface area contributed by atoms with Crippen LogP contribution in [0.2, 0.25) is 0 Å². The zero-order chi connectivity index (χ0) is 12.2. The Kier molecular flexibility index (Phi) is 8.71. The van der Waals surface area contributed by atoms with E-state index in [0.717, 1.165) is 12.0 Å². The van der Waals surface area contributed by atoms with Crippen molar-refractivity contribution >= 4 is 0 Å². The molecule has 0 aromatic carbocycles. The Morgan fingerprint density at radius 2 is 1.88 bits per heavy atom. The van der Waals surface area contributed by atoms with Crippen LogP contribution in [-0.4, -0.2) is 7.11 Å². The summed E-state index contributed by atoms with van der Waals surface area (Å²) in [5, 5.41) is 0. The molecule has 0 aromatic heterocycles. The summed E-state index contributed by atoms with van der Waals surface area (Å²) >= 11 is 0. The van der Waals surface area contributed by atoms with Gasteiger partial charge in [0.2, 0.25) is 0 Å². The maximum Gasteiger partial charge on any atom is 0.111 e. The average Bonchev–Trinajstić information content (AvgIpc) is 2.27. The summed E-state index contributed by atoms with van der Waals surface area (Å²) in [4.78, 5) is 0. The summed E-state index contributed by atoms with van der Waals surface area (Å²) < 4.78 is 4.95. The van der Waals surface area contributed by atoms with E-state index in [1.807, 2.05) is 55.5 Å². The van der Waals surface area contributed by atoms with Gasteiger partial charge in [0.15, 0.2) is 0 Å². The smallest absolute Gasteiger partial charge is 0.111 e. The van der Waals surface area contributed by atoms with Gasteiger partial charge in [-0.1, -0.05) is 49.1 Å². The van der Waals surface area contributed by atoms with Crippen LogP contribution in [0.4, 0.5) is 0 Å². The molecule has 1 nitrogen and oxygen atoms in total. The second kappa shape index (κ2) is 9.78. The maximum atomic E-state index is 4.95. The van der Waals surface area contributed by atoms with Crippen molar-refractivity contribution in [3.05, 3.63) is 73.1 Å². The summed E-state index contributed by atoms with van der Waals surface area (Å²) in [6, 6.07) is 0. The molecular formula is C15H20O. The fourth-order valence-corrected chi connectivity index (χ4v) is 0.950. The number of ether oxygens (including phenoxy) is 1. The fourth-order valence-electron chi connectivity index (χ4n) is 0.950. The summed E-state index contributed by atoms with van der Waals surface area (Å²) in [7, 11) is 1.61. The molecule has 0 bridgehead atoms. The highest BCUT2D eigenvalue weighted by molar-refractivity contribution is 5.26. The molecule has 0 saturated heterocycles. The number of rotatable bonds is 7. The van der Waals surface area contributed by atoms with Crippen molar-refractivity contribution in [1.29, 1.82) is 0 Å². The molecule has 0 rings (SSSR count). The number of methoxy groups -OCH3 is 1. The third-order valence-electron chi connectivity index (χ3n) is 1.78. The summed E-state index contributed by atoms with van der Waals surface area (Å²) in [5.41, 5.74) is 1.10. The molecule has 0 unspecified atom stereocenters. The first-order valence-corrected chi connectivity index (χ1v) is 5.22. The van der Waals surface area contributed by atoms with Crippen LogP contribution >= 0.6 is 0 Å². The standard InChI is InChI=1S/C15H20O/c1-5-6-7-8-9-10-11-12-14(2)13-15(3)16-4/h5,7-13H,1,3,6H2,2,4H3/b8-7+,10-9-,12-11-,14-13+. The van der Waals surface area contributed by atoms with Crippen LogP contribution in [0.3, 0.4) is 0 Å². The van der Waals surface area contributed by atoms with Crippen molar-refractivity contribution in [1.82, 2.24) is 0 Å². The quantitative estimate of drug-likeness (QED) is 0.349. The fraction of sp³-hybridized carbons (Fsp3) is 0.200. The molecular weight excluding hydrogens is 196 g/mol. The summed E-state index contributed by atoms with van der Waals surface area (Å²) in [6.07, 6.45) is 16.6. The van der Waals surface area contributed by atoms with Gasteiger partial charge in [-0.05, 0) is 25.0 Å². The van der Waals surface area contributed by atoms with E-state index < -0.39 is 0 Å². The number of hydrogen-bond donors (Lipinski definition) is 0. The monoisotopic (exact) mass is 216 g/mol. The van der Waals surface area contributed by atoms with Crippen LogP contribution in [0.15, 0.2) is 73.1 Å². The lowest BCUT2D eigenvalue weighted by molar-refractivity contribution is 0.308. The van der Waals surface area contributed by atoms with Gasteiger partial charge in [-0.15, -0.1) is 6.58 Å². The zero-order valence-corrected chi connectivity index (χ0v) is 10.1. The van der Waals surface area contributed by atoms with Gasteiger partial charge in [0, 0.05) is 0 Å². The zero-order valence-electron chi connectivity index (χ0n) is 10.1. The predicted molar refractivity (Wildman–Crippen MR) is 72.1 cm³/mol. The molecule has 0 fully saturated rings. The lowest BCUT2D eigenvalue weighted by Crippen LogP contribution is -1.79. The number of hydrogen-bond acceptors (Lipinski definition) is 1. The van der Waals surface area contributed by atoms with Crippen molar-refractivity contribution in [3.63, 3.8) is 0 Å². The Morgan fingerprint density at radius 1 is 1.19 bits per heavy atom. The normalized spacial score (nSPS) is 12.8. The van der Waals surface area contributed by atoms with Gasteiger partial charge in [-0.25, -0.2) is 0 Å². The minimum Gasteiger partial charge on any atom is -0.497 e. The SMILES string of the molecule is C=CC/C=C/C=C\C=C/C(C)=C/C(=C)OC. The van der Waals surface area contributed by atoms with E-state index in [-0.39, 0.29) is 0 Å². The third-order valence-corrected chi connectivity index (χ3v) is 1.78. The molecule has 86 valence electrons. The molecule has 0 radical (unpaired) electrons. The van der Waals surface area contributed by atoms with E-state index in [2.05, 4.69) is 13.2 Å². The second-order valence-electron chi connectivity index (χ2n) is 3.26. The molecule has 0 aliphatic carbocycles. The molecule has 0 spiro atoms. The highest BCUT2D eigenvalue weighted by atomic mass is 16.5. The molecule has 0 atom stereocenters. The Balaban J connectivity index is 4.04. The highest BCUT2D eigenvalue weighted by Crippen LogP contribution is 2.02. The van der Waals surface area contributed by atoms with Crippen LogP contribution in [0, 0.1) is 0 Å². The lowest BCUT2D eigenvalue weighted by atomic mass is 10.2. The number of allylic oxidation sites excluding steroid dienone is 9. The van der Waals surface area contributed by atoms with E-state index in [4.69, 9.17) is 4.74 Å². The van der Waals surface area contributed by atoms with Gasteiger partial charge < -0.3 is 4.74 Å². The van der Waals surface area contributed by atoms with Crippen LogP contribution in [0.1, 0.15) is 13.3 Å². The maximum absolute atomic E-state index is 4.95. The third kappa shape index (κ3) is 8.82. The van der Waals surface area contributed by atoms with Gasteiger partial charge in [0.05, 0.1) is 7.11 Å². The molecule has 0 aromatic rings. The first kappa shape index (κ1) is 14.2. The molecule has 1 heteroatoms. The Hall–Kier alpha value is -1.76. The summed E-state index contributed by atoms with van der Waals surface area (Å²) in [6.45, 7) is 9.36. The Morgan fingerprint density at radius 3 is 2.50 bits per heavy atom. The summed E-state index contributed by atoms with van der Waals surface area (Å²) in [5.74, 6) is 0.664. The van der Waals surface area contributed by atoms with Crippen molar-refractivity contribution < 1.29 is 4.74 Å². The molecule has 0 heterocycles. The van der Waals surface area contributed by atoms with Crippen molar-refractivity contribution in [2.24, 2.45) is 0 Å². The van der Waals surface area contributed by atoms with E-state index >= 15 is 0 Å². The molecule has 16 heavy (non-hydrogen) atoms. The molecule has 0 amide bonds. The minimum absolute atomic E-state index is 0.664. The minimum atomic E-state index is 0.664. The van der Waals surface area contributed by atoms with Crippen LogP contribution < -0.4 is 0 Å². The first-order chi connectivity index (χ1) is 7.70. The second-order valence-corrected chi connectivity index (χ2v) is 3.26. The average molecular weight is 216 g/mol. The van der Waals surface area contributed by atoms with Crippen molar-refractivity contribution in [2.75, 3.05) is 7.11 Å². The first-order valence-electron chi connectivity index (χ1n) is 5.22. The van der Waals surface area contributed by atoms with Crippen LogP contribution in [0.5, 0.6) is 0 Å². The van der Waals surface area contributed by atoms with Gasteiger partial charge >= 0.3 is 0 Å². The van der Waals surface area contributed by atoms with Gasteiger partial charge in [-0.3, -0.25) is 0 Å². The van der Waals surface area contributed by atoms with E-state index in [9.17, 15) is 0 Å². The van der Waals surface area contributed by atoms with E-state index in [1.165, 1.54) is 0 Å². The molecule has 0 saturated carbocycles. The highest BCUT2D eigenvalue weighted by Gasteiger charge is 1.84. The Labute approximate surface area is 98.8 Å². The predicted octanol–water partition coefficient (Wildman–Crippen LogP) is 4.34. The molecule has 0 N–H and O–H groups in total. The lowest BCUT2D eigenvalue weighted by Gasteiger charge is -1.96. The van der Waals surface area contributed by atoms with Crippen molar-refractivity contribution in [3.8, 4) is 0 Å². The Bertz CT molecular complexity index is 327. The van der Waals surface area contributed by atoms with E-state index in [0.29, 0.717) is 5.76 Å². The van der Waals surface area contributed by atoms with Crippen molar-refractivity contribution in [2.45, 2.75) is 13.3 Å². The van der Waals surface area contributed by atoms with Gasteiger partial charge in [-0.2, -0.15) is 0 Å². The molecule has 0 aliphatic rings. The largest absolute Gasteiger partial charge is 0.497 e. The van der Waals surface area contributed by atoms with Gasteiger partial charge in [0.1, 0.15) is 5.76 Å². The molecule has 0 aliphatic heterocycles.